The van der Waals surface area contributed by atoms with E-state index < -0.39 is 17.9 Å². The predicted molar refractivity (Wildman–Crippen MR) is 43.1 cm³/mol. The van der Waals surface area contributed by atoms with Gasteiger partial charge in [0.2, 0.25) is 5.91 Å². The first-order chi connectivity index (χ1) is 6.59. The lowest BCUT2D eigenvalue weighted by Crippen LogP contribution is -2.40. The number of amides is 1. The monoisotopic (exact) mass is 199 g/mol. The molecule has 0 radical (unpaired) electrons. The van der Waals surface area contributed by atoms with Crippen molar-refractivity contribution in [2.45, 2.75) is 19.5 Å². The fraction of sp³-hybridized carbons (Fsp3) is 0.500. The summed E-state index contributed by atoms with van der Waals surface area (Å²) in [4.78, 5) is 21.5. The van der Waals surface area contributed by atoms with E-state index in [0.717, 1.165) is 0 Å². The zero-order chi connectivity index (χ0) is 10.6. The predicted octanol–water partition coefficient (Wildman–Crippen LogP) is -1.74. The summed E-state index contributed by atoms with van der Waals surface area (Å²) >= 11 is 0. The van der Waals surface area contributed by atoms with Gasteiger partial charge in [0.15, 0.2) is 0 Å². The van der Waals surface area contributed by atoms with Gasteiger partial charge in [-0.3, -0.25) is 9.59 Å². The Hall–Kier alpha value is -1.99. The Morgan fingerprint density at radius 1 is 1.64 bits per heavy atom. The topological polar surface area (TPSA) is 110 Å². The molecule has 1 rings (SSSR count). The molecule has 0 saturated heterocycles. The molecule has 0 saturated carbocycles. The number of carboxylic acids is 1. The number of carboxylic acid groups (broad SMARTS) is 1. The molecule has 2 N–H and O–H groups in total. The Balaban J connectivity index is 2.40. The maximum atomic E-state index is 11.1. The summed E-state index contributed by atoms with van der Waals surface area (Å²) in [6, 6.07) is -0.918. The van der Waals surface area contributed by atoms with E-state index in [0.29, 0.717) is 0 Å². The first-order valence-corrected chi connectivity index (χ1v) is 3.82. The van der Waals surface area contributed by atoms with E-state index in [1.54, 1.807) is 0 Å². The van der Waals surface area contributed by atoms with Crippen LogP contribution in [-0.2, 0) is 16.1 Å². The maximum absolute atomic E-state index is 11.1. The number of nitrogens with zero attached hydrogens (tertiary/aromatic N) is 4. The highest BCUT2D eigenvalue weighted by Gasteiger charge is 2.13. The summed E-state index contributed by atoms with van der Waals surface area (Å²) in [6.45, 7) is 1.28. The molecule has 1 amide bonds. The molecule has 0 aliphatic rings. The highest BCUT2D eigenvalue weighted by molar-refractivity contribution is 5.82. The number of aromatic nitrogens is 4. The van der Waals surface area contributed by atoms with Gasteiger partial charge >= 0.3 is 5.97 Å². The fourth-order valence-electron chi connectivity index (χ4n) is 0.749. The number of hydrogen-bond donors (Lipinski definition) is 2. The zero-order valence-corrected chi connectivity index (χ0v) is 7.41. The van der Waals surface area contributed by atoms with Crippen LogP contribution < -0.4 is 5.32 Å². The van der Waals surface area contributed by atoms with Crippen molar-refractivity contribution < 1.29 is 14.7 Å². The lowest BCUT2D eigenvalue weighted by molar-refractivity contribution is -0.141. The molecule has 0 aliphatic heterocycles. The molecule has 0 aliphatic carbocycles. The quantitative estimate of drug-likeness (QED) is 0.595. The fourth-order valence-corrected chi connectivity index (χ4v) is 0.749. The van der Waals surface area contributed by atoms with Crippen LogP contribution in [0.1, 0.15) is 6.92 Å². The van der Waals surface area contributed by atoms with Crippen LogP contribution >= 0.6 is 0 Å². The van der Waals surface area contributed by atoms with E-state index in [1.165, 1.54) is 17.9 Å². The third-order valence-electron chi connectivity index (χ3n) is 1.44. The Kier molecular flexibility index (Phi) is 3.10. The average molecular weight is 199 g/mol. The molecule has 1 aromatic heterocycles. The zero-order valence-electron chi connectivity index (χ0n) is 7.41. The van der Waals surface area contributed by atoms with Crippen LogP contribution in [0.2, 0.25) is 0 Å². The Bertz CT molecular complexity index is 322. The van der Waals surface area contributed by atoms with Crippen molar-refractivity contribution in [2.24, 2.45) is 0 Å². The Morgan fingerprint density at radius 3 is 2.86 bits per heavy atom. The van der Waals surface area contributed by atoms with Crippen LogP contribution in [0.4, 0.5) is 0 Å². The molecule has 0 fully saturated rings. The second-order valence-corrected chi connectivity index (χ2v) is 2.63. The van der Waals surface area contributed by atoms with Crippen LogP contribution in [0, 0.1) is 0 Å². The van der Waals surface area contributed by atoms with Crippen molar-refractivity contribution in [1.29, 1.82) is 0 Å². The van der Waals surface area contributed by atoms with Crippen molar-refractivity contribution in [1.82, 2.24) is 25.5 Å². The SMILES string of the molecule is C[C@@H](NC(=O)Cn1cnnn1)C(=O)O. The van der Waals surface area contributed by atoms with Crippen LogP contribution in [0.15, 0.2) is 6.33 Å². The third kappa shape index (κ3) is 2.81. The molecule has 0 bridgehead atoms. The van der Waals surface area contributed by atoms with Gasteiger partial charge in [-0.15, -0.1) is 5.10 Å². The minimum Gasteiger partial charge on any atom is -0.480 e. The molecule has 1 atom stereocenters. The molecule has 14 heavy (non-hydrogen) atoms. The van der Waals surface area contributed by atoms with E-state index >= 15 is 0 Å². The lowest BCUT2D eigenvalue weighted by atomic mass is 10.3. The van der Waals surface area contributed by atoms with E-state index in [9.17, 15) is 9.59 Å². The smallest absolute Gasteiger partial charge is 0.325 e. The summed E-state index contributed by atoms with van der Waals surface area (Å²) in [5, 5.41) is 20.9. The minimum atomic E-state index is -1.09. The van der Waals surface area contributed by atoms with Gasteiger partial charge in [0.1, 0.15) is 18.9 Å². The van der Waals surface area contributed by atoms with Gasteiger partial charge < -0.3 is 10.4 Å². The van der Waals surface area contributed by atoms with E-state index in [2.05, 4.69) is 20.8 Å². The van der Waals surface area contributed by atoms with Crippen LogP contribution in [0.25, 0.3) is 0 Å². The van der Waals surface area contributed by atoms with Crippen molar-refractivity contribution in [2.75, 3.05) is 0 Å². The van der Waals surface area contributed by atoms with E-state index in [4.69, 9.17) is 5.11 Å². The highest BCUT2D eigenvalue weighted by Crippen LogP contribution is 1.84. The maximum Gasteiger partial charge on any atom is 0.325 e. The number of hydrogen-bond acceptors (Lipinski definition) is 5. The summed E-state index contributed by atoms with van der Waals surface area (Å²) < 4.78 is 1.20. The number of aliphatic carboxylic acids is 1. The Morgan fingerprint density at radius 2 is 2.36 bits per heavy atom. The molecule has 0 unspecified atom stereocenters. The number of carbonyl (C=O) groups excluding carboxylic acids is 1. The Labute approximate surface area is 78.9 Å². The van der Waals surface area contributed by atoms with Crippen molar-refractivity contribution in [3.05, 3.63) is 6.33 Å². The summed E-state index contributed by atoms with van der Waals surface area (Å²) in [7, 11) is 0. The van der Waals surface area contributed by atoms with Gasteiger partial charge in [-0.25, -0.2) is 4.68 Å². The summed E-state index contributed by atoms with van der Waals surface area (Å²) in [6.07, 6.45) is 1.27. The molecular weight excluding hydrogens is 190 g/mol. The first-order valence-electron chi connectivity index (χ1n) is 3.82. The van der Waals surface area contributed by atoms with Crippen LogP contribution in [0.5, 0.6) is 0 Å². The van der Waals surface area contributed by atoms with Crippen LogP contribution in [-0.4, -0.2) is 43.2 Å². The van der Waals surface area contributed by atoms with E-state index in [-0.39, 0.29) is 6.54 Å². The number of carbonyl (C=O) groups is 2. The van der Waals surface area contributed by atoms with Crippen molar-refractivity contribution >= 4 is 11.9 Å². The first kappa shape index (κ1) is 10.1. The number of tetrazole rings is 1. The number of rotatable bonds is 4. The van der Waals surface area contributed by atoms with Crippen LogP contribution in [0.3, 0.4) is 0 Å². The van der Waals surface area contributed by atoms with Crippen molar-refractivity contribution in [3.8, 4) is 0 Å². The van der Waals surface area contributed by atoms with Gasteiger partial charge in [-0.05, 0) is 17.4 Å². The standard InChI is InChI=1S/C6H9N5O3/c1-4(6(13)14)8-5(12)2-11-3-7-9-10-11/h3-4H,2H2,1H3,(H,8,12)(H,13,14)/t4-/m1/s1. The van der Waals surface area contributed by atoms with E-state index in [1.807, 2.05) is 0 Å². The van der Waals surface area contributed by atoms with Gasteiger partial charge in [-0.2, -0.15) is 0 Å². The largest absolute Gasteiger partial charge is 0.480 e. The molecule has 1 heterocycles. The highest BCUT2D eigenvalue weighted by atomic mass is 16.4. The molecule has 8 nitrogen and oxygen atoms in total. The minimum absolute atomic E-state index is 0.0926. The normalized spacial score (nSPS) is 12.1. The second-order valence-electron chi connectivity index (χ2n) is 2.63. The molecule has 8 heteroatoms. The summed E-state index contributed by atoms with van der Waals surface area (Å²) in [5.41, 5.74) is 0. The third-order valence-corrected chi connectivity index (χ3v) is 1.44. The lowest BCUT2D eigenvalue weighted by Gasteiger charge is -2.08. The van der Waals surface area contributed by atoms with Gasteiger partial charge in [-0.1, -0.05) is 0 Å². The summed E-state index contributed by atoms with van der Waals surface area (Å²) in [5.74, 6) is -1.54. The van der Waals surface area contributed by atoms with Crippen molar-refractivity contribution in [3.63, 3.8) is 0 Å². The molecule has 1 aromatic rings. The van der Waals surface area contributed by atoms with Gasteiger partial charge in [0.05, 0.1) is 0 Å². The molecule has 0 aromatic carbocycles. The van der Waals surface area contributed by atoms with Gasteiger partial charge in [0.25, 0.3) is 0 Å². The second kappa shape index (κ2) is 4.30. The van der Waals surface area contributed by atoms with Gasteiger partial charge in [0, 0.05) is 0 Å². The molecule has 0 spiro atoms. The molecular formula is C6H9N5O3. The molecule has 76 valence electrons. The number of nitrogens with one attached hydrogen (secondary N) is 1. The average Bonchev–Trinajstić information content (AvgIpc) is 2.56.